The molecule has 2 heterocycles. The second-order valence-corrected chi connectivity index (χ2v) is 13.5. The first-order valence-electron chi connectivity index (χ1n) is 18.8. The van der Waals surface area contributed by atoms with Gasteiger partial charge in [0.2, 0.25) is 0 Å². The number of rotatable bonds is 31. The Hall–Kier alpha value is -0.830. The highest BCUT2D eigenvalue weighted by molar-refractivity contribution is 5.90. The van der Waals surface area contributed by atoms with Crippen LogP contribution in [0.5, 0.6) is 0 Å². The van der Waals surface area contributed by atoms with E-state index in [4.69, 9.17) is 9.47 Å². The number of ether oxygens (including phenoxy) is 2. The molecular formula is C38H70O3. The van der Waals surface area contributed by atoms with Crippen LogP contribution in [-0.4, -0.2) is 24.3 Å². The van der Waals surface area contributed by atoms with Gasteiger partial charge in [-0.25, -0.2) is 4.79 Å². The molecule has 3 heteroatoms. The molecule has 2 rings (SSSR count). The first-order valence-corrected chi connectivity index (χ1v) is 18.8. The lowest BCUT2D eigenvalue weighted by Gasteiger charge is -2.04. The van der Waals surface area contributed by atoms with E-state index < -0.39 is 0 Å². The van der Waals surface area contributed by atoms with Gasteiger partial charge in [0.05, 0.1) is 12.2 Å². The monoisotopic (exact) mass is 575 g/mol. The number of cyclic esters (lactones) is 1. The lowest BCUT2D eigenvalue weighted by atomic mass is 10.0. The normalized spacial score (nSPS) is 20.0. The Morgan fingerprint density at radius 3 is 1.20 bits per heavy atom. The second kappa shape index (κ2) is 25.6. The molecule has 0 amide bonds. The summed E-state index contributed by atoms with van der Waals surface area (Å²) < 4.78 is 11.1. The average molecular weight is 575 g/mol. The third-order valence-electron chi connectivity index (χ3n) is 9.46. The van der Waals surface area contributed by atoms with E-state index in [0.29, 0.717) is 12.2 Å². The van der Waals surface area contributed by atoms with E-state index in [-0.39, 0.29) is 12.1 Å². The van der Waals surface area contributed by atoms with Crippen molar-refractivity contribution < 1.29 is 14.3 Å². The van der Waals surface area contributed by atoms with Crippen LogP contribution in [0.1, 0.15) is 206 Å². The zero-order chi connectivity index (χ0) is 29.2. The van der Waals surface area contributed by atoms with E-state index in [1.807, 2.05) is 13.0 Å². The van der Waals surface area contributed by atoms with Crippen LogP contribution in [0.4, 0.5) is 0 Å². The molecule has 41 heavy (non-hydrogen) atoms. The molecule has 240 valence electrons. The van der Waals surface area contributed by atoms with Crippen LogP contribution in [0.15, 0.2) is 11.6 Å². The molecule has 2 aliphatic rings. The highest BCUT2D eigenvalue weighted by Gasteiger charge is 2.36. The third-order valence-corrected chi connectivity index (χ3v) is 9.46. The zero-order valence-corrected chi connectivity index (χ0v) is 27.7. The van der Waals surface area contributed by atoms with Gasteiger partial charge in [-0.05, 0) is 38.7 Å². The minimum absolute atomic E-state index is 0.0168. The number of unbranched alkanes of at least 4 members (excludes halogenated alkanes) is 25. The average Bonchev–Trinajstić information content (AvgIpc) is 3.63. The lowest BCUT2D eigenvalue weighted by Crippen LogP contribution is -2.03. The van der Waals surface area contributed by atoms with Crippen molar-refractivity contribution in [1.29, 1.82) is 0 Å². The van der Waals surface area contributed by atoms with Gasteiger partial charge in [0.1, 0.15) is 6.10 Å². The summed E-state index contributed by atoms with van der Waals surface area (Å²) in [5, 5.41) is 0. The fourth-order valence-corrected chi connectivity index (χ4v) is 6.65. The summed E-state index contributed by atoms with van der Waals surface area (Å²) in [5.41, 5.74) is 0.902. The molecule has 0 radical (unpaired) electrons. The molecule has 2 aliphatic heterocycles. The van der Waals surface area contributed by atoms with Crippen molar-refractivity contribution in [2.45, 2.75) is 225 Å². The molecule has 1 saturated heterocycles. The maximum Gasteiger partial charge on any atom is 0.334 e. The Bertz CT molecular complexity index is 641. The Kier molecular flexibility index (Phi) is 22.7. The van der Waals surface area contributed by atoms with Crippen molar-refractivity contribution in [1.82, 2.24) is 0 Å². The molecule has 0 N–H and O–H groups in total. The van der Waals surface area contributed by atoms with Crippen molar-refractivity contribution in [3.05, 3.63) is 11.6 Å². The Morgan fingerprint density at radius 1 is 0.512 bits per heavy atom. The summed E-state index contributed by atoms with van der Waals surface area (Å²) >= 11 is 0. The van der Waals surface area contributed by atoms with Gasteiger partial charge < -0.3 is 9.47 Å². The summed E-state index contributed by atoms with van der Waals surface area (Å²) in [7, 11) is 0. The van der Waals surface area contributed by atoms with Gasteiger partial charge in [0.25, 0.3) is 0 Å². The second-order valence-electron chi connectivity index (χ2n) is 13.5. The van der Waals surface area contributed by atoms with Crippen LogP contribution in [0.2, 0.25) is 0 Å². The molecule has 0 unspecified atom stereocenters. The predicted molar refractivity (Wildman–Crippen MR) is 176 cm³/mol. The standard InChI is InChI=1S/C38H70O3/c1-3-4-5-6-7-8-9-16-19-22-25-28-31-36-37(41-36)32-29-26-23-20-17-14-12-10-11-13-15-18-21-24-27-30-35-33-34(2)40-38(35)39/h33-34,36-37H,3-32H2,1-2H3/t34-,36-,37-/m1/s1. The highest BCUT2D eigenvalue weighted by Crippen LogP contribution is 2.32. The number of esters is 1. The topological polar surface area (TPSA) is 38.8 Å². The van der Waals surface area contributed by atoms with Crippen molar-refractivity contribution in [2.75, 3.05) is 0 Å². The van der Waals surface area contributed by atoms with E-state index in [0.717, 1.165) is 18.4 Å². The number of epoxide rings is 1. The number of carbonyl (C=O) groups excluding carboxylic acids is 1. The van der Waals surface area contributed by atoms with E-state index in [1.165, 1.54) is 180 Å². The number of hydrogen-bond acceptors (Lipinski definition) is 3. The molecule has 3 nitrogen and oxygen atoms in total. The van der Waals surface area contributed by atoms with Crippen molar-refractivity contribution in [3.63, 3.8) is 0 Å². The first kappa shape index (κ1) is 36.4. The maximum absolute atomic E-state index is 11.6. The van der Waals surface area contributed by atoms with E-state index in [2.05, 4.69) is 6.92 Å². The summed E-state index contributed by atoms with van der Waals surface area (Å²) in [6.45, 7) is 4.24. The van der Waals surface area contributed by atoms with E-state index in [9.17, 15) is 4.79 Å². The van der Waals surface area contributed by atoms with Gasteiger partial charge in [0.15, 0.2) is 0 Å². The fraction of sp³-hybridized carbons (Fsp3) is 0.921. The molecule has 0 bridgehead atoms. The fourth-order valence-electron chi connectivity index (χ4n) is 6.65. The SMILES string of the molecule is CCCCCCCCCCCCCC[C@H]1O[C@@H]1CCCCCCCCCCCCCCCCCC1=C[C@@H](C)OC1=O. The first-order chi connectivity index (χ1) is 20.2. The molecular weight excluding hydrogens is 504 g/mol. The summed E-state index contributed by atoms with van der Waals surface area (Å²) in [6, 6.07) is 0. The van der Waals surface area contributed by atoms with Crippen LogP contribution >= 0.6 is 0 Å². The quantitative estimate of drug-likeness (QED) is 0.0469. The van der Waals surface area contributed by atoms with Crippen LogP contribution < -0.4 is 0 Å². The predicted octanol–water partition coefficient (Wildman–Crippen LogP) is 12.3. The third kappa shape index (κ3) is 20.7. The van der Waals surface area contributed by atoms with Gasteiger partial charge >= 0.3 is 5.97 Å². The summed E-state index contributed by atoms with van der Waals surface area (Å²) in [4.78, 5) is 11.6. The molecule has 0 aromatic heterocycles. The van der Waals surface area contributed by atoms with Gasteiger partial charge in [0, 0.05) is 5.57 Å². The molecule has 1 fully saturated rings. The van der Waals surface area contributed by atoms with Crippen molar-refractivity contribution in [3.8, 4) is 0 Å². The van der Waals surface area contributed by atoms with Crippen LogP contribution in [0.3, 0.4) is 0 Å². The molecule has 0 spiro atoms. The largest absolute Gasteiger partial charge is 0.455 e. The van der Waals surface area contributed by atoms with E-state index in [1.54, 1.807) is 0 Å². The minimum Gasteiger partial charge on any atom is -0.455 e. The van der Waals surface area contributed by atoms with Gasteiger partial charge in [-0.3, -0.25) is 0 Å². The van der Waals surface area contributed by atoms with Crippen molar-refractivity contribution >= 4 is 5.97 Å². The Labute approximate surface area is 256 Å². The molecule has 0 aromatic carbocycles. The number of hydrogen-bond donors (Lipinski definition) is 0. The molecule has 0 aliphatic carbocycles. The summed E-state index contributed by atoms with van der Waals surface area (Å²) in [5.74, 6) is -0.0885. The van der Waals surface area contributed by atoms with E-state index >= 15 is 0 Å². The van der Waals surface area contributed by atoms with Crippen molar-refractivity contribution in [2.24, 2.45) is 0 Å². The molecule has 3 atom stereocenters. The Morgan fingerprint density at radius 2 is 0.854 bits per heavy atom. The highest BCUT2D eigenvalue weighted by atomic mass is 16.6. The minimum atomic E-state index is -0.0885. The van der Waals surface area contributed by atoms with Crippen LogP contribution in [0.25, 0.3) is 0 Å². The van der Waals surface area contributed by atoms with Crippen LogP contribution in [-0.2, 0) is 14.3 Å². The molecule has 0 aromatic rings. The molecule has 0 saturated carbocycles. The number of carbonyl (C=O) groups is 1. The lowest BCUT2D eigenvalue weighted by molar-refractivity contribution is -0.139. The smallest absolute Gasteiger partial charge is 0.334 e. The van der Waals surface area contributed by atoms with Gasteiger partial charge in [-0.15, -0.1) is 0 Å². The van der Waals surface area contributed by atoms with Gasteiger partial charge in [-0.1, -0.05) is 174 Å². The van der Waals surface area contributed by atoms with Gasteiger partial charge in [-0.2, -0.15) is 0 Å². The maximum atomic E-state index is 11.6. The zero-order valence-electron chi connectivity index (χ0n) is 27.7. The Balaban J connectivity index is 1.19. The van der Waals surface area contributed by atoms with Crippen LogP contribution in [0, 0.1) is 0 Å². The summed E-state index contributed by atoms with van der Waals surface area (Å²) in [6.07, 6.45) is 44.6.